The average molecular weight is 187 g/mol. The third kappa shape index (κ3) is 5.27. The van der Waals surface area contributed by atoms with Gasteiger partial charge in [0, 0.05) is 12.6 Å². The first-order chi connectivity index (χ1) is 5.89. The van der Waals surface area contributed by atoms with E-state index in [1.54, 1.807) is 0 Å². The maximum absolute atomic E-state index is 9.71. The molecule has 0 radical (unpaired) electrons. The zero-order valence-corrected chi connectivity index (χ0v) is 9.80. The maximum atomic E-state index is 9.71. The fourth-order valence-electron chi connectivity index (χ4n) is 1.16. The quantitative estimate of drug-likeness (QED) is 0.527. The molecule has 0 aromatic heterocycles. The summed E-state index contributed by atoms with van der Waals surface area (Å²) in [6.45, 7) is 11.5. The van der Waals surface area contributed by atoms with Crippen LogP contribution in [-0.4, -0.2) is 22.9 Å². The van der Waals surface area contributed by atoms with Crippen molar-refractivity contribution in [1.82, 2.24) is 5.06 Å². The number of hydroxylamine groups is 2. The van der Waals surface area contributed by atoms with Crippen molar-refractivity contribution in [3.05, 3.63) is 0 Å². The molecule has 0 fully saturated rings. The summed E-state index contributed by atoms with van der Waals surface area (Å²) in [5.41, 5.74) is 0.154. The molecule has 0 saturated carbocycles. The molecule has 0 bridgehead atoms. The Hall–Kier alpha value is -0.0800. The molecule has 80 valence electrons. The molecule has 13 heavy (non-hydrogen) atoms. The zero-order chi connectivity index (χ0) is 10.5. The average Bonchev–Trinajstić information content (AvgIpc) is 2.01. The van der Waals surface area contributed by atoms with Crippen molar-refractivity contribution in [3.8, 4) is 0 Å². The van der Waals surface area contributed by atoms with Crippen molar-refractivity contribution in [2.75, 3.05) is 6.54 Å². The number of rotatable bonds is 5. The molecule has 1 atom stereocenters. The summed E-state index contributed by atoms with van der Waals surface area (Å²) in [4.78, 5) is 0. The van der Waals surface area contributed by atoms with Crippen LogP contribution in [0.25, 0.3) is 0 Å². The van der Waals surface area contributed by atoms with E-state index in [0.717, 1.165) is 13.0 Å². The second-order valence-electron chi connectivity index (χ2n) is 4.91. The smallest absolute Gasteiger partial charge is 0.0370 e. The van der Waals surface area contributed by atoms with E-state index >= 15 is 0 Å². The van der Waals surface area contributed by atoms with Gasteiger partial charge in [-0.2, -0.15) is 5.06 Å². The molecule has 0 aromatic carbocycles. The molecule has 0 rings (SSSR count). The van der Waals surface area contributed by atoms with Crippen LogP contribution in [0.2, 0.25) is 0 Å². The summed E-state index contributed by atoms with van der Waals surface area (Å²) >= 11 is 0. The normalized spacial score (nSPS) is 15.0. The van der Waals surface area contributed by atoms with Gasteiger partial charge in [0.15, 0.2) is 0 Å². The molecule has 2 nitrogen and oxygen atoms in total. The number of unbranched alkanes of at least 4 members (excludes halogenated alkanes) is 2. The molecular weight excluding hydrogens is 162 g/mol. The third-order valence-electron chi connectivity index (χ3n) is 2.69. The second-order valence-corrected chi connectivity index (χ2v) is 4.91. The van der Waals surface area contributed by atoms with Crippen molar-refractivity contribution < 1.29 is 5.21 Å². The van der Waals surface area contributed by atoms with E-state index in [-0.39, 0.29) is 11.5 Å². The van der Waals surface area contributed by atoms with Crippen LogP contribution in [0.4, 0.5) is 0 Å². The second kappa shape index (κ2) is 5.61. The predicted octanol–water partition coefficient (Wildman–Crippen LogP) is 3.30. The summed E-state index contributed by atoms with van der Waals surface area (Å²) in [6, 6.07) is 0.226. The van der Waals surface area contributed by atoms with Gasteiger partial charge in [0.2, 0.25) is 0 Å². The van der Waals surface area contributed by atoms with Gasteiger partial charge >= 0.3 is 0 Å². The van der Waals surface area contributed by atoms with Crippen molar-refractivity contribution in [2.24, 2.45) is 5.41 Å². The minimum Gasteiger partial charge on any atom is -0.314 e. The SMILES string of the molecule is CCCCCN(O)C(C)C(C)(C)C. The van der Waals surface area contributed by atoms with Gasteiger partial charge in [-0.3, -0.25) is 0 Å². The molecule has 1 N–H and O–H groups in total. The Morgan fingerprint density at radius 1 is 1.23 bits per heavy atom. The minimum absolute atomic E-state index is 0.154. The van der Waals surface area contributed by atoms with Gasteiger partial charge in [0.25, 0.3) is 0 Å². The molecular formula is C11H25NO. The number of nitrogens with zero attached hydrogens (tertiary/aromatic N) is 1. The highest BCUT2D eigenvalue weighted by atomic mass is 16.5. The van der Waals surface area contributed by atoms with E-state index < -0.39 is 0 Å². The summed E-state index contributed by atoms with van der Waals surface area (Å²) in [6.07, 6.45) is 3.50. The van der Waals surface area contributed by atoms with Crippen LogP contribution in [0.1, 0.15) is 53.9 Å². The summed E-state index contributed by atoms with van der Waals surface area (Å²) in [5, 5.41) is 11.2. The Labute approximate surface area is 82.9 Å². The van der Waals surface area contributed by atoms with Crippen LogP contribution in [0, 0.1) is 5.41 Å². The fourth-order valence-corrected chi connectivity index (χ4v) is 1.16. The van der Waals surface area contributed by atoms with Crippen molar-refractivity contribution >= 4 is 0 Å². The summed E-state index contributed by atoms with van der Waals surface area (Å²) < 4.78 is 0. The Morgan fingerprint density at radius 3 is 2.15 bits per heavy atom. The topological polar surface area (TPSA) is 23.5 Å². The van der Waals surface area contributed by atoms with Crippen LogP contribution in [0.5, 0.6) is 0 Å². The van der Waals surface area contributed by atoms with E-state index in [2.05, 4.69) is 34.6 Å². The molecule has 0 aliphatic carbocycles. The Balaban J connectivity index is 3.76. The first kappa shape index (κ1) is 12.9. The number of hydrogen-bond donors (Lipinski definition) is 1. The maximum Gasteiger partial charge on any atom is 0.0370 e. The van der Waals surface area contributed by atoms with Crippen LogP contribution in [-0.2, 0) is 0 Å². The molecule has 0 amide bonds. The molecule has 0 heterocycles. The van der Waals surface area contributed by atoms with E-state index in [1.165, 1.54) is 17.9 Å². The lowest BCUT2D eigenvalue weighted by molar-refractivity contribution is -0.148. The summed E-state index contributed by atoms with van der Waals surface area (Å²) in [5.74, 6) is 0. The third-order valence-corrected chi connectivity index (χ3v) is 2.69. The lowest BCUT2D eigenvalue weighted by atomic mass is 9.88. The molecule has 0 spiro atoms. The standard InChI is InChI=1S/C11H25NO/c1-6-7-8-9-12(13)10(2)11(3,4)5/h10,13H,6-9H2,1-5H3. The first-order valence-electron chi connectivity index (χ1n) is 5.35. The minimum atomic E-state index is 0.154. The molecule has 0 aliphatic rings. The monoisotopic (exact) mass is 187 g/mol. The van der Waals surface area contributed by atoms with E-state index in [0.29, 0.717) is 0 Å². The van der Waals surface area contributed by atoms with Gasteiger partial charge < -0.3 is 5.21 Å². The molecule has 0 aromatic rings. The summed E-state index contributed by atoms with van der Waals surface area (Å²) in [7, 11) is 0. The molecule has 2 heteroatoms. The van der Waals surface area contributed by atoms with Crippen LogP contribution < -0.4 is 0 Å². The van der Waals surface area contributed by atoms with Crippen LogP contribution >= 0.6 is 0 Å². The highest BCUT2D eigenvalue weighted by molar-refractivity contribution is 4.74. The van der Waals surface area contributed by atoms with Gasteiger partial charge in [0.1, 0.15) is 0 Å². The van der Waals surface area contributed by atoms with Crippen molar-refractivity contribution in [2.45, 2.75) is 59.9 Å². The van der Waals surface area contributed by atoms with Crippen molar-refractivity contribution in [3.63, 3.8) is 0 Å². The van der Waals surface area contributed by atoms with Gasteiger partial charge in [-0.15, -0.1) is 0 Å². The van der Waals surface area contributed by atoms with Crippen LogP contribution in [0.3, 0.4) is 0 Å². The Kier molecular flexibility index (Phi) is 5.57. The lowest BCUT2D eigenvalue weighted by Gasteiger charge is -2.33. The lowest BCUT2D eigenvalue weighted by Crippen LogP contribution is -2.40. The Bertz CT molecular complexity index is 129. The largest absolute Gasteiger partial charge is 0.314 e. The predicted molar refractivity (Wildman–Crippen MR) is 56.9 cm³/mol. The van der Waals surface area contributed by atoms with Gasteiger partial charge in [-0.25, -0.2) is 0 Å². The number of hydrogen-bond acceptors (Lipinski definition) is 2. The van der Waals surface area contributed by atoms with E-state index in [1.807, 2.05) is 0 Å². The fraction of sp³-hybridized carbons (Fsp3) is 1.00. The van der Waals surface area contributed by atoms with Gasteiger partial charge in [0.05, 0.1) is 0 Å². The van der Waals surface area contributed by atoms with Gasteiger partial charge in [-0.1, -0.05) is 40.5 Å². The van der Waals surface area contributed by atoms with E-state index in [9.17, 15) is 5.21 Å². The molecule has 1 unspecified atom stereocenters. The molecule has 0 aliphatic heterocycles. The highest BCUT2D eigenvalue weighted by Gasteiger charge is 2.24. The Morgan fingerprint density at radius 2 is 1.77 bits per heavy atom. The zero-order valence-electron chi connectivity index (χ0n) is 9.80. The van der Waals surface area contributed by atoms with E-state index in [4.69, 9.17) is 0 Å². The first-order valence-corrected chi connectivity index (χ1v) is 5.35. The van der Waals surface area contributed by atoms with Crippen molar-refractivity contribution in [1.29, 1.82) is 0 Å². The van der Waals surface area contributed by atoms with Crippen LogP contribution in [0.15, 0.2) is 0 Å². The molecule has 0 saturated heterocycles. The van der Waals surface area contributed by atoms with Gasteiger partial charge in [-0.05, 0) is 18.8 Å². The highest BCUT2D eigenvalue weighted by Crippen LogP contribution is 2.22.